The second-order valence-corrected chi connectivity index (χ2v) is 9.47. The van der Waals surface area contributed by atoms with Crippen molar-refractivity contribution in [1.29, 1.82) is 0 Å². The minimum Gasteiger partial charge on any atom is -0.399 e. The van der Waals surface area contributed by atoms with Gasteiger partial charge in [-0.05, 0) is 50.9 Å². The predicted molar refractivity (Wildman–Crippen MR) is 103 cm³/mol. The maximum atomic E-state index is 13.7. The molecule has 1 fully saturated rings. The normalized spacial score (nSPS) is 30.4. The molecule has 146 valence electrons. The first-order valence-corrected chi connectivity index (χ1v) is 10.3. The summed E-state index contributed by atoms with van der Waals surface area (Å²) in [6, 6.07) is 6.22. The Labute approximate surface area is 159 Å². The summed E-state index contributed by atoms with van der Waals surface area (Å²) in [5, 5.41) is 0. The van der Waals surface area contributed by atoms with Crippen LogP contribution in [0.2, 0.25) is 0 Å². The van der Waals surface area contributed by atoms with Crippen LogP contribution < -0.4 is 11.2 Å². The third kappa shape index (κ3) is 3.49. The van der Waals surface area contributed by atoms with Crippen LogP contribution in [0.3, 0.4) is 0 Å². The van der Waals surface area contributed by atoms with Gasteiger partial charge in [-0.3, -0.25) is 4.99 Å². The van der Waals surface area contributed by atoms with Crippen molar-refractivity contribution in [2.75, 3.05) is 0 Å². The highest BCUT2D eigenvalue weighted by molar-refractivity contribution is 7.96. The third-order valence-corrected chi connectivity index (χ3v) is 7.27. The summed E-state index contributed by atoms with van der Waals surface area (Å²) in [6.45, 7) is 7.98. The fraction of sp³-hybridized carbons (Fsp3) is 0.500. The molecule has 0 saturated carbocycles. The lowest BCUT2D eigenvalue weighted by Crippen LogP contribution is -2.44. The molecule has 9 heteroatoms. The number of benzene rings is 1. The van der Waals surface area contributed by atoms with Crippen molar-refractivity contribution in [3.8, 4) is 0 Å². The highest BCUT2D eigenvalue weighted by Gasteiger charge is 2.53. The van der Waals surface area contributed by atoms with Crippen LogP contribution in [0, 0.1) is 0 Å². The SMILES string of the molecule is CCC1(C)OB(c2ccc(S(=O)(=O)C3=CC(F)C(N)N=C3)cc2)OC1(C)C. The van der Waals surface area contributed by atoms with Gasteiger partial charge in [0.15, 0.2) is 6.17 Å². The standard InChI is InChI=1S/C18H24BFN2O4S/c1-5-18(4)17(2,3)25-19(26-18)12-6-8-13(9-7-12)27(23,24)14-10-15(20)16(21)22-11-14/h6-11,15-16H,5,21H2,1-4H3. The van der Waals surface area contributed by atoms with Crippen LogP contribution in [-0.2, 0) is 19.1 Å². The molecule has 0 aliphatic carbocycles. The van der Waals surface area contributed by atoms with E-state index in [1.165, 1.54) is 12.1 Å². The number of allylic oxidation sites excluding steroid dienone is 1. The topological polar surface area (TPSA) is 91.0 Å². The molecule has 3 unspecified atom stereocenters. The molecule has 1 aromatic carbocycles. The van der Waals surface area contributed by atoms with Crippen molar-refractivity contribution in [2.45, 2.75) is 62.6 Å². The predicted octanol–water partition coefficient (Wildman–Crippen LogP) is 1.74. The molecule has 2 heterocycles. The Morgan fingerprint density at radius 1 is 1.22 bits per heavy atom. The van der Waals surface area contributed by atoms with Crippen molar-refractivity contribution < 1.29 is 22.1 Å². The Kier molecular flexibility index (Phi) is 5.09. The molecule has 2 aliphatic heterocycles. The molecule has 3 atom stereocenters. The van der Waals surface area contributed by atoms with Crippen LogP contribution in [0.5, 0.6) is 0 Å². The van der Waals surface area contributed by atoms with E-state index in [9.17, 15) is 12.8 Å². The summed E-state index contributed by atoms with van der Waals surface area (Å²) in [4.78, 5) is 3.54. The smallest absolute Gasteiger partial charge is 0.399 e. The molecule has 0 amide bonds. The summed E-state index contributed by atoms with van der Waals surface area (Å²) in [5.41, 5.74) is 5.23. The number of alkyl halides is 1. The van der Waals surface area contributed by atoms with E-state index in [2.05, 4.69) is 4.99 Å². The van der Waals surface area contributed by atoms with Crippen molar-refractivity contribution in [1.82, 2.24) is 0 Å². The molecule has 3 rings (SSSR count). The maximum absolute atomic E-state index is 13.7. The lowest BCUT2D eigenvalue weighted by molar-refractivity contribution is -0.0118. The van der Waals surface area contributed by atoms with E-state index in [1.807, 2.05) is 27.7 Å². The van der Waals surface area contributed by atoms with Crippen molar-refractivity contribution >= 4 is 28.6 Å². The Morgan fingerprint density at radius 2 is 1.85 bits per heavy atom. The summed E-state index contributed by atoms with van der Waals surface area (Å²) in [6.07, 6.45) is 0.164. The Balaban J connectivity index is 1.84. The van der Waals surface area contributed by atoms with Crippen molar-refractivity contribution in [2.24, 2.45) is 10.7 Å². The molecule has 2 aliphatic rings. The minimum atomic E-state index is -3.87. The zero-order valence-electron chi connectivity index (χ0n) is 15.8. The zero-order chi connectivity index (χ0) is 20.0. The van der Waals surface area contributed by atoms with Gasteiger partial charge in [-0.25, -0.2) is 12.8 Å². The second kappa shape index (κ2) is 6.81. The van der Waals surface area contributed by atoms with Crippen LogP contribution in [0.15, 0.2) is 45.1 Å². The second-order valence-electron chi connectivity index (χ2n) is 7.52. The Hall–Kier alpha value is -1.55. The summed E-state index contributed by atoms with van der Waals surface area (Å²) in [7, 11) is -4.45. The summed E-state index contributed by atoms with van der Waals surface area (Å²) >= 11 is 0. The highest BCUT2D eigenvalue weighted by Crippen LogP contribution is 2.39. The van der Waals surface area contributed by atoms with E-state index in [-0.39, 0.29) is 9.80 Å². The first kappa shape index (κ1) is 20.2. The molecule has 0 spiro atoms. The van der Waals surface area contributed by atoms with Crippen molar-refractivity contribution in [3.63, 3.8) is 0 Å². The van der Waals surface area contributed by atoms with Crippen LogP contribution in [-0.4, -0.2) is 45.3 Å². The van der Waals surface area contributed by atoms with Crippen LogP contribution >= 0.6 is 0 Å². The van der Waals surface area contributed by atoms with E-state index in [1.54, 1.807) is 12.1 Å². The summed E-state index contributed by atoms with van der Waals surface area (Å²) < 4.78 is 51.2. The summed E-state index contributed by atoms with van der Waals surface area (Å²) in [5.74, 6) is 0. The van der Waals surface area contributed by atoms with E-state index in [4.69, 9.17) is 15.0 Å². The Morgan fingerprint density at radius 3 is 2.37 bits per heavy atom. The molecule has 6 nitrogen and oxygen atoms in total. The molecule has 1 saturated heterocycles. The molecule has 27 heavy (non-hydrogen) atoms. The number of aliphatic imine (C=N–C) groups is 1. The number of dihydropyridines is 1. The highest BCUT2D eigenvalue weighted by atomic mass is 32.2. The maximum Gasteiger partial charge on any atom is 0.494 e. The van der Waals surface area contributed by atoms with Gasteiger partial charge in [0.1, 0.15) is 6.17 Å². The lowest BCUT2D eigenvalue weighted by Gasteiger charge is -2.35. The van der Waals surface area contributed by atoms with Gasteiger partial charge in [-0.15, -0.1) is 0 Å². The van der Waals surface area contributed by atoms with Gasteiger partial charge in [-0.2, -0.15) is 0 Å². The van der Waals surface area contributed by atoms with Gasteiger partial charge in [-0.1, -0.05) is 19.1 Å². The van der Waals surface area contributed by atoms with Crippen LogP contribution in [0.1, 0.15) is 34.1 Å². The first-order chi connectivity index (χ1) is 12.5. The van der Waals surface area contributed by atoms with Crippen LogP contribution in [0.4, 0.5) is 4.39 Å². The van der Waals surface area contributed by atoms with Gasteiger partial charge in [0.05, 0.1) is 21.0 Å². The molecule has 0 aromatic heterocycles. The number of halogens is 1. The molecule has 2 N–H and O–H groups in total. The third-order valence-electron chi connectivity index (χ3n) is 5.51. The van der Waals surface area contributed by atoms with Gasteiger partial charge in [0.2, 0.25) is 9.84 Å². The molecule has 0 radical (unpaired) electrons. The van der Waals surface area contributed by atoms with E-state index in [0.29, 0.717) is 0 Å². The van der Waals surface area contributed by atoms with Gasteiger partial charge in [0, 0.05) is 6.21 Å². The average Bonchev–Trinajstić information content (AvgIpc) is 2.87. The molecule has 1 aromatic rings. The Bertz CT molecular complexity index is 885. The minimum absolute atomic E-state index is 0.0436. The number of hydrogen-bond donors (Lipinski definition) is 1. The quantitative estimate of drug-likeness (QED) is 0.786. The number of hydrogen-bond acceptors (Lipinski definition) is 6. The van der Waals surface area contributed by atoms with E-state index < -0.39 is 40.5 Å². The van der Waals surface area contributed by atoms with Gasteiger partial charge in [0.25, 0.3) is 0 Å². The van der Waals surface area contributed by atoms with Gasteiger partial charge >= 0.3 is 7.12 Å². The van der Waals surface area contributed by atoms with Gasteiger partial charge < -0.3 is 15.0 Å². The monoisotopic (exact) mass is 394 g/mol. The zero-order valence-corrected chi connectivity index (χ0v) is 16.7. The fourth-order valence-electron chi connectivity index (χ4n) is 3.08. The number of rotatable bonds is 4. The average molecular weight is 394 g/mol. The number of nitrogens with zero attached hydrogens (tertiary/aromatic N) is 1. The number of nitrogens with two attached hydrogens (primary N) is 1. The van der Waals surface area contributed by atoms with Crippen molar-refractivity contribution in [3.05, 3.63) is 35.2 Å². The molecule has 0 bridgehead atoms. The molecular formula is C18H24BFN2O4S. The lowest BCUT2D eigenvalue weighted by atomic mass is 9.79. The molecular weight excluding hydrogens is 370 g/mol. The van der Waals surface area contributed by atoms with E-state index >= 15 is 0 Å². The first-order valence-electron chi connectivity index (χ1n) is 8.85. The number of sulfone groups is 1. The van der Waals surface area contributed by atoms with Crippen LogP contribution in [0.25, 0.3) is 0 Å². The van der Waals surface area contributed by atoms with E-state index in [0.717, 1.165) is 24.2 Å². The fourth-order valence-corrected chi connectivity index (χ4v) is 4.35. The largest absolute Gasteiger partial charge is 0.494 e.